The molecule has 0 atom stereocenters. The van der Waals surface area contributed by atoms with Crippen LogP contribution in [0.3, 0.4) is 0 Å². The Morgan fingerprint density at radius 1 is 1.12 bits per heavy atom. The number of carbonyl (C=O) groups is 2. The zero-order valence-corrected chi connectivity index (χ0v) is 13.7. The van der Waals surface area contributed by atoms with Crippen LogP contribution in [0.5, 0.6) is 0 Å². The Morgan fingerprint density at radius 2 is 1.88 bits per heavy atom. The second kappa shape index (κ2) is 7.18. The number of hydrogen-bond acceptors (Lipinski definition) is 5. The average molecular weight is 341 g/mol. The van der Waals surface area contributed by atoms with Gasteiger partial charge in [0.1, 0.15) is 5.52 Å². The highest BCUT2D eigenvalue weighted by molar-refractivity contribution is 7.99. The standard InChI is InChI=1S/C17H15N3O3S/c1-18-16(22)11-6-8-12(9-7-11)19-15(21)10-24-17-20-13-4-2-3-5-14(13)23-17/h2-9H,10H2,1H3,(H,18,22)(H,19,21). The lowest BCUT2D eigenvalue weighted by Gasteiger charge is -2.05. The van der Waals surface area contributed by atoms with Crippen molar-refractivity contribution in [2.45, 2.75) is 5.22 Å². The molecule has 2 aromatic carbocycles. The smallest absolute Gasteiger partial charge is 0.257 e. The van der Waals surface area contributed by atoms with Crippen LogP contribution in [-0.4, -0.2) is 29.6 Å². The maximum Gasteiger partial charge on any atom is 0.257 e. The van der Waals surface area contributed by atoms with E-state index in [-0.39, 0.29) is 17.6 Å². The molecule has 2 amide bonds. The van der Waals surface area contributed by atoms with Crippen molar-refractivity contribution in [1.82, 2.24) is 10.3 Å². The van der Waals surface area contributed by atoms with Crippen LogP contribution >= 0.6 is 11.8 Å². The number of anilines is 1. The SMILES string of the molecule is CNC(=O)c1ccc(NC(=O)CSc2nc3ccccc3o2)cc1. The third kappa shape index (κ3) is 3.75. The van der Waals surface area contributed by atoms with E-state index in [1.807, 2.05) is 24.3 Å². The predicted molar refractivity (Wildman–Crippen MR) is 93.2 cm³/mol. The fourth-order valence-electron chi connectivity index (χ4n) is 2.09. The number of thioether (sulfide) groups is 1. The second-order valence-corrected chi connectivity index (χ2v) is 5.87. The highest BCUT2D eigenvalue weighted by Gasteiger charge is 2.10. The summed E-state index contributed by atoms with van der Waals surface area (Å²) in [5.41, 5.74) is 2.64. The fourth-order valence-corrected chi connectivity index (χ4v) is 2.72. The molecule has 3 rings (SSSR count). The van der Waals surface area contributed by atoms with Crippen LogP contribution < -0.4 is 10.6 Å². The van der Waals surface area contributed by atoms with Crippen molar-refractivity contribution in [3.8, 4) is 0 Å². The second-order valence-electron chi connectivity index (χ2n) is 4.94. The molecule has 1 heterocycles. The summed E-state index contributed by atoms with van der Waals surface area (Å²) < 4.78 is 5.55. The lowest BCUT2D eigenvalue weighted by molar-refractivity contribution is -0.113. The summed E-state index contributed by atoms with van der Waals surface area (Å²) >= 11 is 1.23. The lowest BCUT2D eigenvalue weighted by atomic mass is 10.2. The minimum Gasteiger partial charge on any atom is -0.431 e. The van der Waals surface area contributed by atoms with Crippen LogP contribution in [0.15, 0.2) is 58.2 Å². The van der Waals surface area contributed by atoms with E-state index in [1.165, 1.54) is 11.8 Å². The van der Waals surface area contributed by atoms with Crippen LogP contribution in [0.2, 0.25) is 0 Å². The Bertz CT molecular complexity index is 841. The molecule has 122 valence electrons. The summed E-state index contributed by atoms with van der Waals surface area (Å²) in [6.45, 7) is 0. The largest absolute Gasteiger partial charge is 0.431 e. The van der Waals surface area contributed by atoms with E-state index in [4.69, 9.17) is 4.42 Å². The van der Waals surface area contributed by atoms with E-state index >= 15 is 0 Å². The highest BCUT2D eigenvalue weighted by atomic mass is 32.2. The molecule has 0 radical (unpaired) electrons. The maximum absolute atomic E-state index is 12.0. The summed E-state index contributed by atoms with van der Waals surface area (Å²) in [5.74, 6) is -0.154. The van der Waals surface area contributed by atoms with Crippen molar-refractivity contribution in [2.75, 3.05) is 18.1 Å². The van der Waals surface area contributed by atoms with Crippen molar-refractivity contribution < 1.29 is 14.0 Å². The van der Waals surface area contributed by atoms with Crippen molar-refractivity contribution in [3.05, 3.63) is 54.1 Å². The number of oxazole rings is 1. The molecule has 7 heteroatoms. The van der Waals surface area contributed by atoms with Gasteiger partial charge in [-0.2, -0.15) is 0 Å². The maximum atomic E-state index is 12.0. The minimum absolute atomic E-state index is 0.167. The van der Waals surface area contributed by atoms with Crippen molar-refractivity contribution >= 4 is 40.4 Å². The van der Waals surface area contributed by atoms with Crippen molar-refractivity contribution in [3.63, 3.8) is 0 Å². The predicted octanol–water partition coefficient (Wildman–Crippen LogP) is 2.92. The first kappa shape index (κ1) is 16.1. The number of fused-ring (bicyclic) bond motifs is 1. The first-order chi connectivity index (χ1) is 11.7. The van der Waals surface area contributed by atoms with Crippen LogP contribution in [0.1, 0.15) is 10.4 Å². The van der Waals surface area contributed by atoms with Gasteiger partial charge in [-0.05, 0) is 36.4 Å². The average Bonchev–Trinajstić information content (AvgIpc) is 3.03. The Morgan fingerprint density at radius 3 is 2.58 bits per heavy atom. The minimum atomic E-state index is -0.171. The van der Waals surface area contributed by atoms with E-state index in [0.717, 1.165) is 5.52 Å². The van der Waals surface area contributed by atoms with Crippen LogP contribution in [0, 0.1) is 0 Å². The van der Waals surface area contributed by atoms with E-state index in [9.17, 15) is 9.59 Å². The van der Waals surface area contributed by atoms with Gasteiger partial charge in [0.25, 0.3) is 11.1 Å². The highest BCUT2D eigenvalue weighted by Crippen LogP contribution is 2.23. The van der Waals surface area contributed by atoms with Gasteiger partial charge >= 0.3 is 0 Å². The Labute approximate surface area is 142 Å². The number of aromatic nitrogens is 1. The quantitative estimate of drug-likeness (QED) is 0.697. The van der Waals surface area contributed by atoms with Gasteiger partial charge < -0.3 is 15.1 Å². The molecular weight excluding hydrogens is 326 g/mol. The van der Waals surface area contributed by atoms with Crippen LogP contribution in [0.4, 0.5) is 5.69 Å². The van der Waals surface area contributed by atoms with Gasteiger partial charge in [0.15, 0.2) is 5.58 Å². The molecule has 0 bridgehead atoms. The summed E-state index contributed by atoms with van der Waals surface area (Å²) in [6, 6.07) is 14.1. The van der Waals surface area contributed by atoms with E-state index < -0.39 is 0 Å². The molecule has 0 spiro atoms. The summed E-state index contributed by atoms with van der Waals surface area (Å²) in [6.07, 6.45) is 0. The van der Waals surface area contributed by atoms with E-state index in [2.05, 4.69) is 15.6 Å². The first-order valence-corrected chi connectivity index (χ1v) is 8.24. The van der Waals surface area contributed by atoms with Gasteiger partial charge in [-0.1, -0.05) is 23.9 Å². The van der Waals surface area contributed by atoms with Gasteiger partial charge in [0.2, 0.25) is 5.91 Å². The zero-order valence-electron chi connectivity index (χ0n) is 12.9. The van der Waals surface area contributed by atoms with Crippen molar-refractivity contribution in [1.29, 1.82) is 0 Å². The number of hydrogen-bond donors (Lipinski definition) is 2. The van der Waals surface area contributed by atoms with Crippen LogP contribution in [0.25, 0.3) is 11.1 Å². The number of amides is 2. The lowest BCUT2D eigenvalue weighted by Crippen LogP contribution is -2.18. The number of carbonyl (C=O) groups excluding carboxylic acids is 2. The molecular formula is C17H15N3O3S. The van der Waals surface area contributed by atoms with Gasteiger partial charge in [0, 0.05) is 18.3 Å². The molecule has 24 heavy (non-hydrogen) atoms. The monoisotopic (exact) mass is 341 g/mol. The number of benzene rings is 2. The third-order valence-corrected chi connectivity index (χ3v) is 4.09. The van der Waals surface area contributed by atoms with Gasteiger partial charge in [0.05, 0.1) is 5.75 Å². The third-order valence-electron chi connectivity index (χ3n) is 3.26. The molecule has 1 aromatic heterocycles. The van der Waals surface area contributed by atoms with Crippen LogP contribution in [-0.2, 0) is 4.79 Å². The number of para-hydroxylation sites is 2. The molecule has 0 fully saturated rings. The zero-order chi connectivity index (χ0) is 16.9. The first-order valence-electron chi connectivity index (χ1n) is 7.26. The molecule has 3 aromatic rings. The summed E-state index contributed by atoms with van der Waals surface area (Å²) in [4.78, 5) is 27.8. The number of nitrogens with one attached hydrogen (secondary N) is 2. The van der Waals surface area contributed by atoms with E-state index in [1.54, 1.807) is 31.3 Å². The molecule has 0 saturated carbocycles. The Hall–Kier alpha value is -2.80. The van der Waals surface area contributed by atoms with Crippen molar-refractivity contribution in [2.24, 2.45) is 0 Å². The molecule has 0 aliphatic rings. The molecule has 2 N–H and O–H groups in total. The van der Waals surface area contributed by atoms with Gasteiger partial charge in [-0.25, -0.2) is 4.98 Å². The topological polar surface area (TPSA) is 84.2 Å². The molecule has 6 nitrogen and oxygen atoms in total. The number of rotatable bonds is 5. The number of nitrogens with zero attached hydrogens (tertiary/aromatic N) is 1. The molecule has 0 saturated heterocycles. The normalized spacial score (nSPS) is 10.5. The summed E-state index contributed by atoms with van der Waals surface area (Å²) in [7, 11) is 1.57. The Kier molecular flexibility index (Phi) is 4.81. The van der Waals surface area contributed by atoms with E-state index in [0.29, 0.717) is 22.1 Å². The fraction of sp³-hybridized carbons (Fsp3) is 0.118. The van der Waals surface area contributed by atoms with Gasteiger partial charge in [-0.3, -0.25) is 9.59 Å². The molecule has 0 aliphatic heterocycles. The van der Waals surface area contributed by atoms with Gasteiger partial charge in [-0.15, -0.1) is 0 Å². The Balaban J connectivity index is 1.56. The summed E-state index contributed by atoms with van der Waals surface area (Å²) in [5, 5.41) is 5.77. The molecule has 0 unspecified atom stereocenters. The molecule has 0 aliphatic carbocycles.